The molecule has 0 bridgehead atoms. The SMILES string of the molecule is CC(C)(c1ccccc1)c1ccc(OC(=O)Oc2ccc(C(C)(C)c3ccc(OC(=O)Oc4ccc(C(C)(C)c5ccccc5)cc4)cc3)cc2)cc1. The van der Waals surface area contributed by atoms with Crippen LogP contribution in [0, 0.1) is 0 Å². The van der Waals surface area contributed by atoms with Crippen molar-refractivity contribution in [2.45, 2.75) is 57.8 Å². The average Bonchev–Trinajstić information content (AvgIpc) is 3.16. The summed E-state index contributed by atoms with van der Waals surface area (Å²) in [5, 5.41) is 0. The zero-order valence-corrected chi connectivity index (χ0v) is 31.0. The minimum Gasteiger partial charge on any atom is -0.395 e. The molecule has 0 atom stereocenters. The van der Waals surface area contributed by atoms with E-state index in [1.807, 2.05) is 84.9 Å². The molecule has 0 saturated carbocycles. The maximum Gasteiger partial charge on any atom is 0.519 e. The molecule has 0 fully saturated rings. The van der Waals surface area contributed by atoms with Gasteiger partial charge in [0.1, 0.15) is 23.0 Å². The highest BCUT2D eigenvalue weighted by molar-refractivity contribution is 5.68. The second-order valence-electron chi connectivity index (χ2n) is 14.6. The molecule has 0 N–H and O–H groups in total. The minimum absolute atomic E-state index is 0.199. The van der Waals surface area contributed by atoms with Crippen LogP contribution in [-0.4, -0.2) is 12.3 Å². The molecule has 6 aromatic rings. The highest BCUT2D eigenvalue weighted by Gasteiger charge is 2.26. The molecule has 0 radical (unpaired) electrons. The van der Waals surface area contributed by atoms with E-state index in [1.54, 1.807) is 48.5 Å². The number of hydrogen-bond donors (Lipinski definition) is 0. The van der Waals surface area contributed by atoms with E-state index in [0.29, 0.717) is 23.0 Å². The molecule has 0 aromatic heterocycles. The van der Waals surface area contributed by atoms with Crippen molar-refractivity contribution in [1.29, 1.82) is 0 Å². The lowest BCUT2D eigenvalue weighted by atomic mass is 9.78. The fourth-order valence-electron chi connectivity index (χ4n) is 6.39. The lowest BCUT2D eigenvalue weighted by Crippen LogP contribution is -2.20. The number of rotatable bonds is 10. The molecule has 0 heterocycles. The number of carbonyl (C=O) groups excluding carboxylic acids is 2. The maximum absolute atomic E-state index is 12.6. The molecule has 6 aromatic carbocycles. The molecular weight excluding hydrogens is 661 g/mol. The monoisotopic (exact) mass is 704 g/mol. The lowest BCUT2D eigenvalue weighted by molar-refractivity contribution is 0.150. The van der Waals surface area contributed by atoms with Gasteiger partial charge >= 0.3 is 12.3 Å². The van der Waals surface area contributed by atoms with Gasteiger partial charge in [-0.05, 0) is 81.9 Å². The Hall–Kier alpha value is -6.14. The van der Waals surface area contributed by atoms with E-state index >= 15 is 0 Å². The summed E-state index contributed by atoms with van der Waals surface area (Å²) in [7, 11) is 0. The third-order valence-corrected chi connectivity index (χ3v) is 10.1. The normalized spacial score (nSPS) is 11.7. The van der Waals surface area contributed by atoms with Gasteiger partial charge in [-0.25, -0.2) is 9.59 Å². The van der Waals surface area contributed by atoms with E-state index in [4.69, 9.17) is 18.9 Å². The van der Waals surface area contributed by atoms with Gasteiger partial charge in [-0.3, -0.25) is 0 Å². The standard InChI is InChI=1S/C47H44O6/c1-45(2,33-13-9-7-10-14-33)35-17-25-39(26-18-35)50-43(48)52-41-29-21-37(22-30-41)47(5,6)38-23-31-42(32-24-38)53-44(49)51-40-27-19-36(20-28-40)46(3,4)34-15-11-8-12-16-34/h7-32H,1-6H3. The summed E-state index contributed by atoms with van der Waals surface area (Å²) in [4.78, 5) is 25.2. The van der Waals surface area contributed by atoms with Gasteiger partial charge in [0.25, 0.3) is 0 Å². The molecule has 0 unspecified atom stereocenters. The molecule has 0 aliphatic carbocycles. The van der Waals surface area contributed by atoms with Gasteiger partial charge in [-0.15, -0.1) is 0 Å². The van der Waals surface area contributed by atoms with Gasteiger partial charge in [0.2, 0.25) is 0 Å². The Labute approximate surface area is 312 Å². The molecule has 0 aliphatic rings. The fourth-order valence-corrected chi connectivity index (χ4v) is 6.39. The highest BCUT2D eigenvalue weighted by Crippen LogP contribution is 2.35. The number of hydrogen-bond acceptors (Lipinski definition) is 6. The zero-order chi connectivity index (χ0) is 37.6. The van der Waals surface area contributed by atoms with Gasteiger partial charge < -0.3 is 18.9 Å². The van der Waals surface area contributed by atoms with Gasteiger partial charge in [-0.2, -0.15) is 0 Å². The summed E-state index contributed by atoms with van der Waals surface area (Å²) >= 11 is 0. The summed E-state index contributed by atoms with van der Waals surface area (Å²) < 4.78 is 21.9. The Morgan fingerprint density at radius 2 is 0.491 bits per heavy atom. The Morgan fingerprint density at radius 3 is 0.698 bits per heavy atom. The smallest absolute Gasteiger partial charge is 0.395 e. The van der Waals surface area contributed by atoms with E-state index in [0.717, 1.165) is 22.3 Å². The quantitative estimate of drug-likeness (QED) is 0.104. The second-order valence-corrected chi connectivity index (χ2v) is 14.6. The van der Waals surface area contributed by atoms with Crippen LogP contribution in [0.2, 0.25) is 0 Å². The molecular formula is C47H44O6. The Morgan fingerprint density at radius 1 is 0.302 bits per heavy atom. The van der Waals surface area contributed by atoms with Gasteiger partial charge in [0.05, 0.1) is 0 Å². The van der Waals surface area contributed by atoms with E-state index in [1.165, 1.54) is 11.1 Å². The molecule has 0 amide bonds. The van der Waals surface area contributed by atoms with Crippen molar-refractivity contribution in [2.75, 3.05) is 0 Å². The fraction of sp³-hybridized carbons (Fsp3) is 0.191. The van der Waals surface area contributed by atoms with Crippen molar-refractivity contribution in [3.05, 3.63) is 191 Å². The Balaban J connectivity index is 1.01. The highest BCUT2D eigenvalue weighted by atomic mass is 16.7. The topological polar surface area (TPSA) is 71.1 Å². The molecule has 6 nitrogen and oxygen atoms in total. The zero-order valence-electron chi connectivity index (χ0n) is 31.0. The van der Waals surface area contributed by atoms with Crippen LogP contribution in [0.4, 0.5) is 9.59 Å². The maximum atomic E-state index is 12.6. The molecule has 6 rings (SSSR count). The molecule has 6 heteroatoms. The lowest BCUT2D eigenvalue weighted by Gasteiger charge is -2.26. The largest absolute Gasteiger partial charge is 0.519 e. The van der Waals surface area contributed by atoms with Crippen LogP contribution >= 0.6 is 0 Å². The summed E-state index contributed by atoms with van der Waals surface area (Å²) in [6.07, 6.45) is -1.63. The van der Waals surface area contributed by atoms with E-state index < -0.39 is 17.7 Å². The van der Waals surface area contributed by atoms with Crippen LogP contribution in [-0.2, 0) is 16.2 Å². The number of carbonyl (C=O) groups is 2. The van der Waals surface area contributed by atoms with Crippen molar-refractivity contribution < 1.29 is 28.5 Å². The summed E-state index contributed by atoms with van der Waals surface area (Å²) in [6, 6.07) is 50.1. The van der Waals surface area contributed by atoms with Crippen molar-refractivity contribution in [2.24, 2.45) is 0 Å². The van der Waals surface area contributed by atoms with Gasteiger partial charge in [0.15, 0.2) is 0 Å². The molecule has 53 heavy (non-hydrogen) atoms. The first-order chi connectivity index (χ1) is 25.3. The van der Waals surface area contributed by atoms with Gasteiger partial charge in [0, 0.05) is 16.2 Å². The van der Waals surface area contributed by atoms with E-state index in [-0.39, 0.29) is 10.8 Å². The number of ether oxygens (including phenoxy) is 4. The van der Waals surface area contributed by atoms with Crippen LogP contribution in [0.15, 0.2) is 158 Å². The molecule has 0 aliphatic heterocycles. The van der Waals surface area contributed by atoms with Crippen LogP contribution in [0.25, 0.3) is 0 Å². The van der Waals surface area contributed by atoms with Crippen LogP contribution in [0.3, 0.4) is 0 Å². The van der Waals surface area contributed by atoms with Crippen LogP contribution < -0.4 is 18.9 Å². The second kappa shape index (κ2) is 15.2. The molecule has 268 valence electrons. The van der Waals surface area contributed by atoms with Crippen molar-refractivity contribution in [3.63, 3.8) is 0 Å². The van der Waals surface area contributed by atoms with Crippen molar-refractivity contribution >= 4 is 12.3 Å². The average molecular weight is 705 g/mol. The van der Waals surface area contributed by atoms with Gasteiger partial charge in [-0.1, -0.05) is 151 Å². The van der Waals surface area contributed by atoms with Crippen LogP contribution in [0.1, 0.15) is 74.9 Å². The van der Waals surface area contributed by atoms with Crippen LogP contribution in [0.5, 0.6) is 23.0 Å². The van der Waals surface area contributed by atoms with E-state index in [9.17, 15) is 9.59 Å². The number of benzene rings is 6. The Kier molecular flexibility index (Phi) is 10.5. The van der Waals surface area contributed by atoms with Crippen molar-refractivity contribution in [1.82, 2.24) is 0 Å². The third-order valence-electron chi connectivity index (χ3n) is 10.1. The summed E-state index contributed by atoms with van der Waals surface area (Å²) in [5.74, 6) is 1.54. The third kappa shape index (κ3) is 8.50. The predicted molar refractivity (Wildman–Crippen MR) is 208 cm³/mol. The first kappa shape index (κ1) is 36.6. The first-order valence-corrected chi connectivity index (χ1v) is 17.6. The predicted octanol–water partition coefficient (Wildman–Crippen LogP) is 11.8. The minimum atomic E-state index is -0.815. The van der Waals surface area contributed by atoms with Crippen molar-refractivity contribution in [3.8, 4) is 23.0 Å². The molecule has 0 spiro atoms. The first-order valence-electron chi connectivity index (χ1n) is 17.6. The summed E-state index contributed by atoms with van der Waals surface area (Å²) in [6.45, 7) is 12.8. The summed E-state index contributed by atoms with van der Waals surface area (Å²) in [5.41, 5.74) is 5.81. The Bertz CT molecular complexity index is 1980. The molecule has 0 saturated heterocycles. The van der Waals surface area contributed by atoms with E-state index in [2.05, 4.69) is 65.8 Å².